The molecule has 3 nitrogen and oxygen atoms in total. The lowest BCUT2D eigenvalue weighted by molar-refractivity contribution is -0.143. The largest absolute Gasteiger partial charge is 0.305 e. The zero-order valence-corrected chi connectivity index (χ0v) is 16.1. The van der Waals surface area contributed by atoms with Crippen LogP contribution in [0.25, 0.3) is 0 Å². The number of terminal acetylenes is 1. The fraction of sp³-hybridized carbons (Fsp3) is 0.810. The van der Waals surface area contributed by atoms with Crippen LogP contribution in [0.15, 0.2) is 0 Å². The van der Waals surface area contributed by atoms with E-state index >= 15 is 0 Å². The van der Waals surface area contributed by atoms with Crippen LogP contribution in [-0.4, -0.2) is 22.8 Å². The summed E-state index contributed by atoms with van der Waals surface area (Å²) in [5.74, 6) is 1.42. The predicted octanol–water partition coefficient (Wildman–Crippen LogP) is 5.47. The summed E-state index contributed by atoms with van der Waals surface area (Å²) < 4.78 is 0. The van der Waals surface area contributed by atoms with Crippen molar-refractivity contribution in [1.82, 2.24) is 4.90 Å². The average Bonchev–Trinajstić information content (AvgIpc) is 2.56. The van der Waals surface area contributed by atoms with Crippen LogP contribution in [0.2, 0.25) is 0 Å². The Kier molecular flexibility index (Phi) is 14.4. The predicted molar refractivity (Wildman–Crippen MR) is 102 cm³/mol. The number of carbonyl (C=O) groups is 2. The fourth-order valence-electron chi connectivity index (χ4n) is 3.18. The van der Waals surface area contributed by atoms with Crippen molar-refractivity contribution < 1.29 is 9.59 Å². The third kappa shape index (κ3) is 10.5. The highest BCUT2D eigenvalue weighted by Gasteiger charge is 2.25. The molecule has 0 aliphatic rings. The van der Waals surface area contributed by atoms with Gasteiger partial charge in [0.25, 0.3) is 0 Å². The zero-order chi connectivity index (χ0) is 18.2. The van der Waals surface area contributed by atoms with Crippen molar-refractivity contribution in [1.29, 1.82) is 0 Å². The summed E-state index contributed by atoms with van der Waals surface area (Å²) in [6.07, 6.45) is 20.2. The molecular formula is C21H37NO2. The molecule has 0 heterocycles. The molecule has 0 aromatic carbocycles. The van der Waals surface area contributed by atoms with Gasteiger partial charge in [0.1, 0.15) is 0 Å². The van der Waals surface area contributed by atoms with Crippen LogP contribution in [0.1, 0.15) is 104 Å². The minimum atomic E-state index is -0.480. The lowest BCUT2D eigenvalue weighted by atomic mass is 9.98. The van der Waals surface area contributed by atoms with Gasteiger partial charge in [0, 0.05) is 13.0 Å². The summed E-state index contributed by atoms with van der Waals surface area (Å²) in [6.45, 7) is 5.86. The first-order chi connectivity index (χ1) is 11.6. The number of carbonyl (C=O) groups excluding carboxylic acids is 2. The van der Waals surface area contributed by atoms with Gasteiger partial charge in [-0.2, -0.15) is 0 Å². The Hall–Kier alpha value is -1.30. The van der Waals surface area contributed by atoms with Gasteiger partial charge in [-0.1, -0.05) is 84.5 Å². The van der Waals surface area contributed by atoms with Gasteiger partial charge in [-0.15, -0.1) is 6.42 Å². The Morgan fingerprint density at radius 3 is 1.62 bits per heavy atom. The smallest absolute Gasteiger partial charge is 0.275 e. The van der Waals surface area contributed by atoms with Crippen molar-refractivity contribution in [3.05, 3.63) is 0 Å². The molecule has 0 N–H and O–H groups in total. The third-order valence-electron chi connectivity index (χ3n) is 4.58. The second-order valence-corrected chi connectivity index (χ2v) is 6.75. The lowest BCUT2D eigenvalue weighted by Crippen LogP contribution is -2.43. The normalized spacial score (nSPS) is 11.8. The Morgan fingerprint density at radius 1 is 0.833 bits per heavy atom. The van der Waals surface area contributed by atoms with Gasteiger partial charge in [0.15, 0.2) is 0 Å². The van der Waals surface area contributed by atoms with E-state index in [9.17, 15) is 9.59 Å². The summed E-state index contributed by atoms with van der Waals surface area (Å²) in [6, 6.07) is -0.0288. The maximum atomic E-state index is 12.0. The van der Waals surface area contributed by atoms with E-state index in [0.29, 0.717) is 0 Å². The van der Waals surface area contributed by atoms with E-state index in [0.717, 1.165) is 32.1 Å². The lowest BCUT2D eigenvalue weighted by Gasteiger charge is -2.28. The molecule has 24 heavy (non-hydrogen) atoms. The van der Waals surface area contributed by atoms with E-state index < -0.39 is 5.91 Å². The molecule has 0 spiro atoms. The minimum Gasteiger partial charge on any atom is -0.275 e. The molecule has 0 rings (SSSR count). The van der Waals surface area contributed by atoms with Crippen LogP contribution in [0.3, 0.4) is 0 Å². The number of rotatable bonds is 14. The van der Waals surface area contributed by atoms with E-state index in [-0.39, 0.29) is 11.9 Å². The molecular weight excluding hydrogens is 298 g/mol. The van der Waals surface area contributed by atoms with Gasteiger partial charge in [-0.3, -0.25) is 14.5 Å². The number of imide groups is 1. The van der Waals surface area contributed by atoms with Gasteiger partial charge in [-0.25, -0.2) is 0 Å². The molecule has 0 aromatic rings. The fourth-order valence-corrected chi connectivity index (χ4v) is 3.18. The van der Waals surface area contributed by atoms with Crippen molar-refractivity contribution in [3.8, 4) is 12.3 Å². The van der Waals surface area contributed by atoms with Crippen molar-refractivity contribution >= 4 is 11.8 Å². The Balaban J connectivity index is 4.48. The Bertz CT molecular complexity index is 384. The monoisotopic (exact) mass is 335 g/mol. The second-order valence-electron chi connectivity index (χ2n) is 6.75. The van der Waals surface area contributed by atoms with Gasteiger partial charge in [0.05, 0.1) is 0 Å². The topological polar surface area (TPSA) is 37.4 Å². The van der Waals surface area contributed by atoms with Crippen LogP contribution < -0.4 is 0 Å². The molecule has 0 aromatic heterocycles. The van der Waals surface area contributed by atoms with Gasteiger partial charge in [0.2, 0.25) is 5.91 Å². The van der Waals surface area contributed by atoms with Crippen molar-refractivity contribution in [2.45, 2.75) is 110 Å². The molecule has 0 bridgehead atoms. The molecule has 0 fully saturated rings. The summed E-state index contributed by atoms with van der Waals surface area (Å²) in [5.41, 5.74) is 0. The number of nitrogens with zero attached hydrogens (tertiary/aromatic N) is 1. The van der Waals surface area contributed by atoms with Crippen molar-refractivity contribution in [3.63, 3.8) is 0 Å². The molecule has 3 heteroatoms. The minimum absolute atomic E-state index is 0.0288. The SMILES string of the molecule is C#CC(=O)N(C(C)=O)C(CCCCCCC)CCCCCCCC. The van der Waals surface area contributed by atoms with Crippen LogP contribution in [0, 0.1) is 12.3 Å². The third-order valence-corrected chi connectivity index (χ3v) is 4.58. The van der Waals surface area contributed by atoms with Gasteiger partial charge in [-0.05, 0) is 18.8 Å². The van der Waals surface area contributed by atoms with Crippen LogP contribution in [0.5, 0.6) is 0 Å². The molecule has 1 atom stereocenters. The quantitative estimate of drug-likeness (QED) is 0.311. The van der Waals surface area contributed by atoms with Crippen LogP contribution >= 0.6 is 0 Å². The first-order valence-corrected chi connectivity index (χ1v) is 9.88. The molecule has 0 saturated heterocycles. The summed E-state index contributed by atoms with van der Waals surface area (Å²) >= 11 is 0. The zero-order valence-electron chi connectivity index (χ0n) is 16.1. The molecule has 138 valence electrons. The van der Waals surface area contributed by atoms with Crippen molar-refractivity contribution in [2.24, 2.45) is 0 Å². The molecule has 0 radical (unpaired) electrons. The van der Waals surface area contributed by atoms with Crippen LogP contribution in [0.4, 0.5) is 0 Å². The molecule has 0 saturated carbocycles. The van der Waals surface area contributed by atoms with Crippen LogP contribution in [-0.2, 0) is 9.59 Å². The molecule has 1 unspecified atom stereocenters. The summed E-state index contributed by atoms with van der Waals surface area (Å²) in [7, 11) is 0. The standard InChI is InChI=1S/C21H37NO2/c1-5-8-10-12-14-16-18-20(17-15-13-11-9-6-2)22(19(4)23)21(24)7-3/h3,20H,5-6,8-18H2,1-2,4H3. The van der Waals surface area contributed by atoms with E-state index in [1.807, 2.05) is 0 Å². The van der Waals surface area contributed by atoms with E-state index in [2.05, 4.69) is 19.8 Å². The highest BCUT2D eigenvalue weighted by molar-refractivity contribution is 6.03. The van der Waals surface area contributed by atoms with E-state index in [4.69, 9.17) is 6.42 Å². The molecule has 0 aliphatic carbocycles. The highest BCUT2D eigenvalue weighted by atomic mass is 16.2. The summed E-state index contributed by atoms with van der Waals surface area (Å²) in [5, 5.41) is 0. The maximum Gasteiger partial charge on any atom is 0.305 e. The highest BCUT2D eigenvalue weighted by Crippen LogP contribution is 2.19. The number of unbranched alkanes of at least 4 members (excludes halogenated alkanes) is 9. The van der Waals surface area contributed by atoms with Gasteiger partial charge >= 0.3 is 5.91 Å². The summed E-state index contributed by atoms with van der Waals surface area (Å²) in [4.78, 5) is 25.2. The molecule has 2 amide bonds. The second kappa shape index (κ2) is 15.2. The number of hydrogen-bond donors (Lipinski definition) is 0. The molecule has 0 aliphatic heterocycles. The maximum absolute atomic E-state index is 12.0. The van der Waals surface area contributed by atoms with E-state index in [1.54, 1.807) is 0 Å². The first-order valence-electron chi connectivity index (χ1n) is 9.88. The number of hydrogen-bond acceptors (Lipinski definition) is 2. The van der Waals surface area contributed by atoms with Gasteiger partial charge < -0.3 is 0 Å². The van der Waals surface area contributed by atoms with Crippen molar-refractivity contribution in [2.75, 3.05) is 0 Å². The van der Waals surface area contributed by atoms with E-state index in [1.165, 1.54) is 63.2 Å². The Labute approximate surface area is 149 Å². The number of amides is 2. The Morgan fingerprint density at radius 2 is 1.25 bits per heavy atom. The average molecular weight is 336 g/mol. The first kappa shape index (κ1) is 22.7.